The van der Waals surface area contributed by atoms with Gasteiger partial charge in [0.25, 0.3) is 5.91 Å². The monoisotopic (exact) mass is 379 g/mol. The highest BCUT2D eigenvalue weighted by Crippen LogP contribution is 2.27. The summed E-state index contributed by atoms with van der Waals surface area (Å²) in [5, 5.41) is 3.29. The van der Waals surface area contributed by atoms with Gasteiger partial charge in [-0.2, -0.15) is 0 Å². The Morgan fingerprint density at radius 1 is 1.15 bits per heavy atom. The number of nitrogens with one attached hydrogen (secondary N) is 1. The molecule has 9 nitrogen and oxygen atoms in total. The molecule has 1 unspecified atom stereocenters. The fourth-order valence-electron chi connectivity index (χ4n) is 2.31. The van der Waals surface area contributed by atoms with E-state index in [1.165, 1.54) is 0 Å². The van der Waals surface area contributed by atoms with Crippen molar-refractivity contribution in [2.45, 2.75) is 65.2 Å². The molecule has 0 saturated heterocycles. The van der Waals surface area contributed by atoms with Gasteiger partial charge in [-0.3, -0.25) is 14.6 Å². The van der Waals surface area contributed by atoms with Gasteiger partial charge in [0.15, 0.2) is 0 Å². The Morgan fingerprint density at radius 2 is 1.78 bits per heavy atom. The van der Waals surface area contributed by atoms with Crippen molar-refractivity contribution in [1.82, 2.24) is 10.3 Å². The Hall–Kier alpha value is -2.84. The number of hydrogen-bond donors (Lipinski definition) is 1. The second-order valence-electron chi connectivity index (χ2n) is 8.06. The van der Waals surface area contributed by atoms with Gasteiger partial charge in [0.05, 0.1) is 5.69 Å². The number of anilines is 1. The first-order valence-electron chi connectivity index (χ1n) is 8.54. The van der Waals surface area contributed by atoms with Crippen molar-refractivity contribution in [1.29, 1.82) is 0 Å². The third-order valence-electron chi connectivity index (χ3n) is 3.23. The summed E-state index contributed by atoms with van der Waals surface area (Å²) in [4.78, 5) is 46.2. The number of rotatable bonds is 2. The quantitative estimate of drug-likeness (QED) is 0.787. The summed E-state index contributed by atoms with van der Waals surface area (Å²) >= 11 is 0. The van der Waals surface area contributed by atoms with E-state index in [-0.39, 0.29) is 6.42 Å². The van der Waals surface area contributed by atoms with Gasteiger partial charge in [-0.25, -0.2) is 9.59 Å². The Bertz CT molecular complexity index is 735. The predicted octanol–water partition coefficient (Wildman–Crippen LogP) is 2.73. The van der Waals surface area contributed by atoms with Crippen molar-refractivity contribution < 1.29 is 28.7 Å². The van der Waals surface area contributed by atoms with Crippen LogP contribution in [0.2, 0.25) is 0 Å². The highest BCUT2D eigenvalue weighted by molar-refractivity contribution is 6.00. The fourth-order valence-corrected chi connectivity index (χ4v) is 2.31. The summed E-state index contributed by atoms with van der Waals surface area (Å²) < 4.78 is 10.3. The van der Waals surface area contributed by atoms with Crippen LogP contribution in [-0.2, 0) is 25.5 Å². The number of pyridine rings is 1. The van der Waals surface area contributed by atoms with Crippen LogP contribution in [0, 0.1) is 0 Å². The number of alkyl carbamates (subject to hydrolysis) is 1. The molecule has 1 N–H and O–H groups in total. The predicted molar refractivity (Wildman–Crippen MR) is 95.9 cm³/mol. The van der Waals surface area contributed by atoms with Crippen molar-refractivity contribution in [3.05, 3.63) is 24.0 Å². The average Bonchev–Trinajstić information content (AvgIpc) is 2.47. The van der Waals surface area contributed by atoms with Crippen molar-refractivity contribution in [2.24, 2.45) is 0 Å². The van der Waals surface area contributed by atoms with Crippen LogP contribution in [-0.4, -0.2) is 40.4 Å². The average molecular weight is 379 g/mol. The number of hydrogen-bond acceptors (Lipinski definition) is 7. The van der Waals surface area contributed by atoms with E-state index in [0.717, 1.165) is 5.06 Å². The number of carbonyl (C=O) groups excluding carboxylic acids is 3. The van der Waals surface area contributed by atoms with Crippen LogP contribution < -0.4 is 10.4 Å². The van der Waals surface area contributed by atoms with E-state index in [2.05, 4.69) is 10.3 Å². The molecular formula is C18H25N3O6. The van der Waals surface area contributed by atoms with E-state index in [1.807, 2.05) is 0 Å². The Labute approximate surface area is 157 Å². The molecule has 1 aliphatic rings. The first-order chi connectivity index (χ1) is 12.4. The standard InChI is InChI=1S/C18H25N3O6/c1-17(2,3)25-15(23)20-12-10-11-13(8-7-9-19-11)21(14(12)22)27-16(24)26-18(4,5)6/h7-9,12H,10H2,1-6H3,(H,20,23). The highest BCUT2D eigenvalue weighted by Gasteiger charge is 2.38. The number of carbonyl (C=O) groups is 3. The zero-order valence-electron chi connectivity index (χ0n) is 16.4. The Morgan fingerprint density at radius 3 is 2.37 bits per heavy atom. The molecule has 0 aliphatic carbocycles. The first-order valence-corrected chi connectivity index (χ1v) is 8.54. The minimum Gasteiger partial charge on any atom is -0.444 e. The molecule has 2 heterocycles. The summed E-state index contributed by atoms with van der Waals surface area (Å²) in [6.45, 7) is 10.2. The normalized spacial score (nSPS) is 17.0. The highest BCUT2D eigenvalue weighted by atomic mass is 16.8. The van der Waals surface area contributed by atoms with Crippen LogP contribution in [0.5, 0.6) is 0 Å². The van der Waals surface area contributed by atoms with E-state index in [1.54, 1.807) is 59.9 Å². The van der Waals surface area contributed by atoms with E-state index in [9.17, 15) is 14.4 Å². The number of hydroxylamine groups is 1. The van der Waals surface area contributed by atoms with Gasteiger partial charge >= 0.3 is 12.2 Å². The number of ether oxygens (including phenoxy) is 2. The number of amides is 2. The first kappa shape index (κ1) is 20.5. The topological polar surface area (TPSA) is 107 Å². The van der Waals surface area contributed by atoms with Crippen LogP contribution in [0.4, 0.5) is 15.3 Å². The van der Waals surface area contributed by atoms with Crippen molar-refractivity contribution in [3.8, 4) is 0 Å². The summed E-state index contributed by atoms with van der Waals surface area (Å²) in [5.41, 5.74) is -0.704. The SMILES string of the molecule is CC(C)(C)OC(=O)NC1Cc2ncccc2N(OC(=O)OC(C)(C)C)C1=O. The molecule has 0 fully saturated rings. The number of fused-ring (bicyclic) bond motifs is 1. The van der Waals surface area contributed by atoms with Crippen LogP contribution >= 0.6 is 0 Å². The van der Waals surface area contributed by atoms with Gasteiger partial charge in [0, 0.05) is 12.6 Å². The zero-order valence-corrected chi connectivity index (χ0v) is 16.4. The van der Waals surface area contributed by atoms with Gasteiger partial charge in [-0.1, -0.05) is 0 Å². The summed E-state index contributed by atoms with van der Waals surface area (Å²) in [7, 11) is 0. The maximum Gasteiger partial charge on any atom is 0.534 e. The molecule has 1 aromatic rings. The lowest BCUT2D eigenvalue weighted by molar-refractivity contribution is -0.128. The van der Waals surface area contributed by atoms with E-state index in [4.69, 9.17) is 14.3 Å². The van der Waals surface area contributed by atoms with Gasteiger partial charge in [0.2, 0.25) is 0 Å². The second kappa shape index (κ2) is 7.42. The largest absolute Gasteiger partial charge is 0.534 e. The molecule has 148 valence electrons. The maximum absolute atomic E-state index is 12.8. The minimum atomic E-state index is -1.04. The van der Waals surface area contributed by atoms with E-state index < -0.39 is 35.4 Å². The molecule has 0 aromatic carbocycles. The number of aromatic nitrogens is 1. The summed E-state index contributed by atoms with van der Waals surface area (Å²) in [5.74, 6) is -0.632. The third kappa shape index (κ3) is 5.83. The molecule has 1 aromatic heterocycles. The molecule has 2 rings (SSSR count). The molecule has 27 heavy (non-hydrogen) atoms. The lowest BCUT2D eigenvalue weighted by Crippen LogP contribution is -2.54. The summed E-state index contributed by atoms with van der Waals surface area (Å²) in [6.07, 6.45) is -0.103. The molecule has 0 spiro atoms. The second-order valence-corrected chi connectivity index (χ2v) is 8.06. The van der Waals surface area contributed by atoms with Gasteiger partial charge in [-0.05, 0) is 53.7 Å². The smallest absolute Gasteiger partial charge is 0.444 e. The van der Waals surface area contributed by atoms with Crippen molar-refractivity contribution >= 4 is 23.8 Å². The van der Waals surface area contributed by atoms with E-state index >= 15 is 0 Å². The van der Waals surface area contributed by atoms with Crippen molar-refractivity contribution in [3.63, 3.8) is 0 Å². The molecule has 0 bridgehead atoms. The third-order valence-corrected chi connectivity index (χ3v) is 3.23. The Kier molecular flexibility index (Phi) is 5.62. The van der Waals surface area contributed by atoms with Crippen molar-refractivity contribution in [2.75, 3.05) is 5.06 Å². The van der Waals surface area contributed by atoms with Crippen LogP contribution in [0.1, 0.15) is 47.2 Å². The zero-order chi connectivity index (χ0) is 20.4. The van der Waals surface area contributed by atoms with E-state index in [0.29, 0.717) is 11.4 Å². The molecule has 0 saturated carbocycles. The number of nitrogens with zero attached hydrogens (tertiary/aromatic N) is 2. The molecule has 1 aliphatic heterocycles. The molecule has 2 amide bonds. The van der Waals surface area contributed by atoms with Gasteiger partial charge < -0.3 is 14.8 Å². The molecule has 1 atom stereocenters. The lowest BCUT2D eigenvalue weighted by atomic mass is 10.0. The van der Waals surface area contributed by atoms with Crippen LogP contribution in [0.25, 0.3) is 0 Å². The minimum absolute atomic E-state index is 0.141. The van der Waals surface area contributed by atoms with Gasteiger partial charge in [0.1, 0.15) is 22.9 Å². The Balaban J connectivity index is 2.21. The summed E-state index contributed by atoms with van der Waals surface area (Å²) in [6, 6.07) is 2.21. The lowest BCUT2D eigenvalue weighted by Gasteiger charge is -2.32. The van der Waals surface area contributed by atoms with Crippen LogP contribution in [0.3, 0.4) is 0 Å². The van der Waals surface area contributed by atoms with Crippen LogP contribution in [0.15, 0.2) is 18.3 Å². The molecule has 9 heteroatoms. The molecular weight excluding hydrogens is 354 g/mol. The maximum atomic E-state index is 12.8. The molecule has 0 radical (unpaired) electrons. The van der Waals surface area contributed by atoms with Gasteiger partial charge in [-0.15, -0.1) is 5.06 Å². The fraction of sp³-hybridized carbons (Fsp3) is 0.556.